The molecule has 5 nitrogen and oxygen atoms in total. The first-order valence-electron chi connectivity index (χ1n) is 5.04. The minimum absolute atomic E-state index is 0.352. The first-order valence-corrected chi connectivity index (χ1v) is 5.04. The van der Waals surface area contributed by atoms with E-state index in [0.717, 1.165) is 0 Å². The van der Waals surface area contributed by atoms with Crippen LogP contribution in [0.4, 0.5) is 0 Å². The summed E-state index contributed by atoms with van der Waals surface area (Å²) >= 11 is 0. The molecule has 0 amide bonds. The van der Waals surface area contributed by atoms with Crippen molar-refractivity contribution >= 4 is 16.9 Å². The molecule has 17 heavy (non-hydrogen) atoms. The Balaban J connectivity index is 2.52. The molecule has 2 unspecified atom stereocenters. The SMILES string of the molecule is O=C(O)C(O)C(O)c1cccc2ncccc12. The molecule has 5 heteroatoms. The number of carboxylic acids is 1. The van der Waals surface area contributed by atoms with E-state index in [1.165, 1.54) is 0 Å². The molecule has 0 fully saturated rings. The van der Waals surface area contributed by atoms with E-state index in [1.54, 1.807) is 36.5 Å². The number of carboxylic acid groups (broad SMARTS) is 1. The molecule has 0 saturated heterocycles. The molecule has 1 aromatic carbocycles. The van der Waals surface area contributed by atoms with Crippen molar-refractivity contribution < 1.29 is 20.1 Å². The number of hydrogen-bond acceptors (Lipinski definition) is 4. The molecule has 3 N–H and O–H groups in total. The zero-order chi connectivity index (χ0) is 12.4. The van der Waals surface area contributed by atoms with E-state index in [2.05, 4.69) is 4.98 Å². The van der Waals surface area contributed by atoms with E-state index in [1.807, 2.05) is 0 Å². The second kappa shape index (κ2) is 4.48. The smallest absolute Gasteiger partial charge is 0.335 e. The molecule has 0 bridgehead atoms. The Hall–Kier alpha value is -1.98. The van der Waals surface area contributed by atoms with E-state index in [4.69, 9.17) is 5.11 Å². The minimum atomic E-state index is -1.85. The minimum Gasteiger partial charge on any atom is -0.479 e. The maximum Gasteiger partial charge on any atom is 0.335 e. The average molecular weight is 233 g/mol. The normalized spacial score (nSPS) is 14.5. The van der Waals surface area contributed by atoms with E-state index < -0.39 is 18.2 Å². The number of rotatable bonds is 3. The van der Waals surface area contributed by atoms with Crippen LogP contribution in [0.3, 0.4) is 0 Å². The molecular weight excluding hydrogens is 222 g/mol. The Kier molecular flexibility index (Phi) is 3.03. The van der Waals surface area contributed by atoms with E-state index in [9.17, 15) is 15.0 Å². The average Bonchev–Trinajstić information content (AvgIpc) is 2.36. The fraction of sp³-hybridized carbons (Fsp3) is 0.167. The summed E-state index contributed by atoms with van der Waals surface area (Å²) in [5, 5.41) is 28.4. The fourth-order valence-corrected chi connectivity index (χ4v) is 1.69. The number of pyridine rings is 1. The molecule has 2 rings (SSSR count). The van der Waals surface area contributed by atoms with Crippen LogP contribution in [0.1, 0.15) is 11.7 Å². The zero-order valence-electron chi connectivity index (χ0n) is 8.82. The van der Waals surface area contributed by atoms with Crippen molar-refractivity contribution in [1.82, 2.24) is 4.98 Å². The summed E-state index contributed by atoms with van der Waals surface area (Å²) in [6.07, 6.45) is -1.72. The Labute approximate surface area is 97.0 Å². The van der Waals surface area contributed by atoms with Gasteiger partial charge in [-0.05, 0) is 17.7 Å². The molecule has 0 aliphatic heterocycles. The van der Waals surface area contributed by atoms with Crippen LogP contribution in [0.5, 0.6) is 0 Å². The highest BCUT2D eigenvalue weighted by atomic mass is 16.4. The molecule has 0 saturated carbocycles. The first-order chi connectivity index (χ1) is 8.11. The number of carbonyl (C=O) groups is 1. The summed E-state index contributed by atoms with van der Waals surface area (Å²) in [6, 6.07) is 8.38. The summed E-state index contributed by atoms with van der Waals surface area (Å²) in [4.78, 5) is 14.7. The van der Waals surface area contributed by atoms with Crippen LogP contribution < -0.4 is 0 Å². The summed E-state index contributed by atoms with van der Waals surface area (Å²) in [5.74, 6) is -1.46. The lowest BCUT2D eigenvalue weighted by molar-refractivity contribution is -0.153. The standard InChI is InChI=1S/C12H11NO4/c14-10(11(15)12(16)17)8-3-1-5-9-7(8)4-2-6-13-9/h1-6,10-11,14-15H,(H,16,17). The predicted octanol–water partition coefficient (Wildman–Crippen LogP) is 0.714. The summed E-state index contributed by atoms with van der Waals surface area (Å²) in [5.41, 5.74) is 0.993. The predicted molar refractivity (Wildman–Crippen MR) is 60.3 cm³/mol. The van der Waals surface area contributed by atoms with Gasteiger partial charge in [-0.25, -0.2) is 4.79 Å². The van der Waals surface area contributed by atoms with E-state index in [0.29, 0.717) is 16.5 Å². The van der Waals surface area contributed by atoms with Crippen LogP contribution in [-0.4, -0.2) is 32.4 Å². The van der Waals surface area contributed by atoms with Crippen molar-refractivity contribution in [1.29, 1.82) is 0 Å². The van der Waals surface area contributed by atoms with Gasteiger partial charge in [-0.1, -0.05) is 18.2 Å². The summed E-state index contributed by atoms with van der Waals surface area (Å²) in [7, 11) is 0. The summed E-state index contributed by atoms with van der Waals surface area (Å²) in [6.45, 7) is 0. The van der Waals surface area contributed by atoms with Gasteiger partial charge in [0.2, 0.25) is 0 Å². The number of aromatic nitrogens is 1. The molecular formula is C12H11NO4. The molecule has 0 aliphatic carbocycles. The maximum atomic E-state index is 10.6. The van der Waals surface area contributed by atoms with Crippen LogP contribution in [0.2, 0.25) is 0 Å². The third kappa shape index (κ3) is 2.11. The van der Waals surface area contributed by atoms with Crippen LogP contribution in [0.25, 0.3) is 10.9 Å². The lowest BCUT2D eigenvalue weighted by Gasteiger charge is -2.16. The first kappa shape index (κ1) is 11.5. The van der Waals surface area contributed by atoms with Crippen LogP contribution in [0.15, 0.2) is 36.5 Å². The number of benzene rings is 1. The van der Waals surface area contributed by atoms with Crippen molar-refractivity contribution in [2.75, 3.05) is 0 Å². The number of fused-ring (bicyclic) bond motifs is 1. The van der Waals surface area contributed by atoms with Crippen LogP contribution >= 0.6 is 0 Å². The van der Waals surface area contributed by atoms with E-state index >= 15 is 0 Å². The third-order valence-corrected chi connectivity index (χ3v) is 2.55. The lowest BCUT2D eigenvalue weighted by Crippen LogP contribution is -2.27. The number of nitrogens with zero attached hydrogens (tertiary/aromatic N) is 1. The lowest BCUT2D eigenvalue weighted by atomic mass is 9.99. The van der Waals surface area contributed by atoms with Crippen molar-refractivity contribution in [2.24, 2.45) is 0 Å². The molecule has 88 valence electrons. The van der Waals surface area contributed by atoms with Gasteiger partial charge in [0.1, 0.15) is 6.10 Å². The van der Waals surface area contributed by atoms with Crippen molar-refractivity contribution in [3.8, 4) is 0 Å². The number of hydrogen-bond donors (Lipinski definition) is 3. The number of aliphatic hydroxyl groups is 2. The van der Waals surface area contributed by atoms with Crippen molar-refractivity contribution in [3.05, 3.63) is 42.1 Å². The molecule has 2 aromatic rings. The highest BCUT2D eigenvalue weighted by Crippen LogP contribution is 2.25. The van der Waals surface area contributed by atoms with Gasteiger partial charge in [0.15, 0.2) is 6.10 Å². The Morgan fingerprint density at radius 3 is 2.65 bits per heavy atom. The van der Waals surface area contributed by atoms with E-state index in [-0.39, 0.29) is 0 Å². The third-order valence-electron chi connectivity index (χ3n) is 2.55. The van der Waals surface area contributed by atoms with Crippen LogP contribution in [0, 0.1) is 0 Å². The molecule has 1 heterocycles. The molecule has 0 aliphatic rings. The second-order valence-electron chi connectivity index (χ2n) is 3.65. The van der Waals surface area contributed by atoms with Gasteiger partial charge < -0.3 is 15.3 Å². The molecule has 2 atom stereocenters. The molecule has 1 aromatic heterocycles. The second-order valence-corrected chi connectivity index (χ2v) is 3.65. The van der Waals surface area contributed by atoms with Gasteiger partial charge in [0.25, 0.3) is 0 Å². The topological polar surface area (TPSA) is 90.7 Å². The van der Waals surface area contributed by atoms with Crippen LogP contribution in [-0.2, 0) is 4.79 Å². The maximum absolute atomic E-state index is 10.6. The number of aliphatic carboxylic acids is 1. The van der Waals surface area contributed by atoms with Gasteiger partial charge in [0.05, 0.1) is 5.52 Å². The van der Waals surface area contributed by atoms with Crippen molar-refractivity contribution in [2.45, 2.75) is 12.2 Å². The zero-order valence-corrected chi connectivity index (χ0v) is 8.82. The van der Waals surface area contributed by atoms with Gasteiger partial charge in [-0.3, -0.25) is 4.98 Å². The molecule has 0 radical (unpaired) electrons. The van der Waals surface area contributed by atoms with Gasteiger partial charge in [0, 0.05) is 11.6 Å². The summed E-state index contributed by atoms with van der Waals surface area (Å²) < 4.78 is 0. The molecule has 0 spiro atoms. The number of aliphatic hydroxyl groups excluding tert-OH is 2. The highest BCUT2D eigenvalue weighted by Gasteiger charge is 2.26. The Morgan fingerprint density at radius 1 is 1.18 bits per heavy atom. The Bertz CT molecular complexity index is 550. The largest absolute Gasteiger partial charge is 0.479 e. The van der Waals surface area contributed by atoms with Gasteiger partial charge in [-0.15, -0.1) is 0 Å². The quantitative estimate of drug-likeness (QED) is 0.726. The fourth-order valence-electron chi connectivity index (χ4n) is 1.69. The van der Waals surface area contributed by atoms with Gasteiger partial charge in [-0.2, -0.15) is 0 Å². The van der Waals surface area contributed by atoms with Crippen molar-refractivity contribution in [3.63, 3.8) is 0 Å². The van der Waals surface area contributed by atoms with Gasteiger partial charge >= 0.3 is 5.97 Å². The Morgan fingerprint density at radius 2 is 1.94 bits per heavy atom. The monoisotopic (exact) mass is 233 g/mol. The highest BCUT2D eigenvalue weighted by molar-refractivity contribution is 5.83.